The van der Waals surface area contributed by atoms with Crippen LogP contribution in [0.4, 0.5) is 0 Å². The molecule has 2 aromatic rings. The van der Waals surface area contributed by atoms with Crippen molar-refractivity contribution in [3.05, 3.63) is 69.6 Å². The quantitative estimate of drug-likeness (QED) is 0.903. The van der Waals surface area contributed by atoms with E-state index in [4.69, 9.17) is 9.94 Å². The minimum Gasteiger partial charge on any atom is -0.478 e. The molecule has 0 aliphatic heterocycles. The van der Waals surface area contributed by atoms with Gasteiger partial charge < -0.3 is 9.94 Å². The second-order valence-electron chi connectivity index (χ2n) is 4.15. The number of hydrogen-bond donors (Lipinski definition) is 1. The van der Waals surface area contributed by atoms with E-state index in [9.17, 15) is 9.59 Å². The molecular formula is C14H13NO4. The second-order valence-corrected chi connectivity index (χ2v) is 4.15. The first-order valence-corrected chi connectivity index (χ1v) is 5.71. The van der Waals surface area contributed by atoms with Gasteiger partial charge in [0.05, 0.1) is 11.8 Å². The van der Waals surface area contributed by atoms with E-state index in [0.29, 0.717) is 0 Å². The van der Waals surface area contributed by atoms with Crippen LogP contribution in [0.25, 0.3) is 0 Å². The van der Waals surface area contributed by atoms with E-state index in [1.165, 1.54) is 18.3 Å². The van der Waals surface area contributed by atoms with Crippen molar-refractivity contribution in [3.8, 4) is 0 Å². The van der Waals surface area contributed by atoms with E-state index in [1.807, 2.05) is 31.2 Å². The van der Waals surface area contributed by atoms with Crippen molar-refractivity contribution < 1.29 is 14.7 Å². The molecule has 0 fully saturated rings. The van der Waals surface area contributed by atoms with Crippen molar-refractivity contribution in [1.29, 1.82) is 0 Å². The van der Waals surface area contributed by atoms with Crippen LogP contribution in [-0.4, -0.2) is 15.8 Å². The third-order valence-electron chi connectivity index (χ3n) is 2.58. The van der Waals surface area contributed by atoms with Gasteiger partial charge in [-0.05, 0) is 18.6 Å². The molecule has 1 heterocycles. The predicted octanol–water partition coefficient (Wildman–Crippen LogP) is 1.48. The lowest BCUT2D eigenvalue weighted by molar-refractivity contribution is 0.0674. The summed E-state index contributed by atoms with van der Waals surface area (Å²) < 4.78 is 0.936. The van der Waals surface area contributed by atoms with Gasteiger partial charge in [-0.25, -0.2) is 4.79 Å². The molecule has 0 amide bonds. The molecule has 0 radical (unpaired) electrons. The van der Waals surface area contributed by atoms with E-state index in [0.717, 1.165) is 15.9 Å². The van der Waals surface area contributed by atoms with Gasteiger partial charge in [-0.2, -0.15) is 4.73 Å². The lowest BCUT2D eigenvalue weighted by atomic mass is 10.1. The highest BCUT2D eigenvalue weighted by Gasteiger charge is 2.06. The van der Waals surface area contributed by atoms with Crippen LogP contribution in [0.1, 0.15) is 21.5 Å². The van der Waals surface area contributed by atoms with Crippen molar-refractivity contribution in [2.24, 2.45) is 0 Å². The van der Waals surface area contributed by atoms with E-state index in [2.05, 4.69) is 0 Å². The number of carboxylic acid groups (broad SMARTS) is 1. The predicted molar refractivity (Wildman–Crippen MR) is 69.1 cm³/mol. The van der Waals surface area contributed by atoms with Gasteiger partial charge in [0.15, 0.2) is 0 Å². The average molecular weight is 259 g/mol. The highest BCUT2D eigenvalue weighted by molar-refractivity contribution is 5.87. The number of pyridine rings is 1. The standard InChI is InChI=1S/C14H13NO4/c1-10-3-2-4-11(7-10)9-19-15-8-12(14(17)18)5-6-13(15)16/h2-8H,9H2,1H3,(H,17,18). The van der Waals surface area contributed by atoms with Crippen LogP contribution in [0.15, 0.2) is 47.4 Å². The minimum atomic E-state index is -1.10. The van der Waals surface area contributed by atoms with Gasteiger partial charge in [0.1, 0.15) is 6.61 Å². The van der Waals surface area contributed by atoms with Gasteiger partial charge in [0, 0.05) is 6.07 Å². The van der Waals surface area contributed by atoms with E-state index >= 15 is 0 Å². The number of aryl methyl sites for hydroxylation is 1. The Hall–Kier alpha value is -2.56. The molecule has 98 valence electrons. The van der Waals surface area contributed by atoms with Gasteiger partial charge in [0.2, 0.25) is 0 Å². The monoisotopic (exact) mass is 259 g/mol. The molecule has 2 rings (SSSR count). The Balaban J connectivity index is 2.17. The molecule has 0 spiro atoms. The van der Waals surface area contributed by atoms with Gasteiger partial charge in [-0.3, -0.25) is 4.79 Å². The Bertz CT molecular complexity index is 660. The van der Waals surface area contributed by atoms with Gasteiger partial charge >= 0.3 is 5.97 Å². The molecule has 0 saturated heterocycles. The smallest absolute Gasteiger partial charge is 0.337 e. The molecule has 1 aromatic carbocycles. The van der Waals surface area contributed by atoms with Crippen LogP contribution in [0.2, 0.25) is 0 Å². The summed E-state index contributed by atoms with van der Waals surface area (Å²) >= 11 is 0. The first kappa shape index (κ1) is 12.9. The first-order valence-electron chi connectivity index (χ1n) is 5.71. The maximum atomic E-state index is 11.5. The van der Waals surface area contributed by atoms with Crippen molar-refractivity contribution in [2.75, 3.05) is 0 Å². The summed E-state index contributed by atoms with van der Waals surface area (Å²) in [5, 5.41) is 8.85. The number of aromatic nitrogens is 1. The summed E-state index contributed by atoms with van der Waals surface area (Å²) in [6.07, 6.45) is 1.17. The van der Waals surface area contributed by atoms with E-state index in [-0.39, 0.29) is 12.2 Å². The number of aromatic carboxylic acids is 1. The first-order chi connectivity index (χ1) is 9.06. The second kappa shape index (κ2) is 5.39. The summed E-state index contributed by atoms with van der Waals surface area (Å²) in [4.78, 5) is 27.6. The number of nitrogens with zero attached hydrogens (tertiary/aromatic N) is 1. The zero-order valence-electron chi connectivity index (χ0n) is 10.4. The van der Waals surface area contributed by atoms with Crippen LogP contribution >= 0.6 is 0 Å². The summed E-state index contributed by atoms with van der Waals surface area (Å²) in [5.74, 6) is -1.10. The largest absolute Gasteiger partial charge is 0.478 e. The van der Waals surface area contributed by atoms with Gasteiger partial charge in [-0.1, -0.05) is 29.8 Å². The molecule has 5 nitrogen and oxygen atoms in total. The highest BCUT2D eigenvalue weighted by atomic mass is 16.7. The third-order valence-corrected chi connectivity index (χ3v) is 2.58. The van der Waals surface area contributed by atoms with Crippen LogP contribution in [-0.2, 0) is 6.61 Å². The summed E-state index contributed by atoms with van der Waals surface area (Å²) in [6, 6.07) is 10.1. The Morgan fingerprint density at radius 1 is 1.32 bits per heavy atom. The number of hydrogen-bond acceptors (Lipinski definition) is 3. The molecular weight excluding hydrogens is 246 g/mol. The molecule has 1 aromatic heterocycles. The maximum absolute atomic E-state index is 11.5. The Kier molecular flexibility index (Phi) is 3.66. The topological polar surface area (TPSA) is 68.5 Å². The highest BCUT2D eigenvalue weighted by Crippen LogP contribution is 2.04. The number of rotatable bonds is 4. The number of carbonyl (C=O) groups is 1. The SMILES string of the molecule is Cc1cccc(COn2cc(C(=O)O)ccc2=O)c1. The molecule has 19 heavy (non-hydrogen) atoms. The summed E-state index contributed by atoms with van der Waals surface area (Å²) in [5.41, 5.74) is 1.60. The lowest BCUT2D eigenvalue weighted by Gasteiger charge is -2.09. The molecule has 0 aliphatic carbocycles. The van der Waals surface area contributed by atoms with Crippen molar-refractivity contribution in [3.63, 3.8) is 0 Å². The molecule has 0 saturated carbocycles. The molecule has 0 aliphatic rings. The van der Waals surface area contributed by atoms with Gasteiger partial charge in [-0.15, -0.1) is 0 Å². The number of carboxylic acids is 1. The fourth-order valence-corrected chi connectivity index (χ4v) is 1.64. The normalized spacial score (nSPS) is 10.2. The summed E-state index contributed by atoms with van der Waals surface area (Å²) in [7, 11) is 0. The van der Waals surface area contributed by atoms with Crippen LogP contribution < -0.4 is 10.4 Å². The zero-order valence-corrected chi connectivity index (χ0v) is 10.4. The third kappa shape index (κ3) is 3.22. The molecule has 0 bridgehead atoms. The summed E-state index contributed by atoms with van der Waals surface area (Å²) in [6.45, 7) is 2.16. The van der Waals surface area contributed by atoms with Crippen molar-refractivity contribution in [1.82, 2.24) is 4.73 Å². The Morgan fingerprint density at radius 3 is 2.79 bits per heavy atom. The van der Waals surface area contributed by atoms with Crippen LogP contribution in [0, 0.1) is 6.92 Å². The average Bonchev–Trinajstić information content (AvgIpc) is 2.37. The zero-order chi connectivity index (χ0) is 13.8. The van der Waals surface area contributed by atoms with Crippen LogP contribution in [0.5, 0.6) is 0 Å². The lowest BCUT2D eigenvalue weighted by Crippen LogP contribution is -2.26. The molecule has 0 unspecified atom stereocenters. The van der Waals surface area contributed by atoms with Crippen molar-refractivity contribution in [2.45, 2.75) is 13.5 Å². The van der Waals surface area contributed by atoms with E-state index in [1.54, 1.807) is 0 Å². The Labute approximate surface area is 109 Å². The molecule has 0 atom stereocenters. The fraction of sp³-hybridized carbons (Fsp3) is 0.143. The molecule has 5 heteroatoms. The minimum absolute atomic E-state index is 0.00356. The fourth-order valence-electron chi connectivity index (χ4n) is 1.64. The molecule has 1 N–H and O–H groups in total. The van der Waals surface area contributed by atoms with Crippen LogP contribution in [0.3, 0.4) is 0 Å². The van der Waals surface area contributed by atoms with Gasteiger partial charge in [0.25, 0.3) is 5.56 Å². The van der Waals surface area contributed by atoms with E-state index < -0.39 is 11.5 Å². The maximum Gasteiger partial charge on any atom is 0.337 e. The van der Waals surface area contributed by atoms with Crippen molar-refractivity contribution >= 4 is 5.97 Å². The Morgan fingerprint density at radius 2 is 2.11 bits per heavy atom. The number of benzene rings is 1.